The predicted molar refractivity (Wildman–Crippen MR) is 85.5 cm³/mol. The zero-order valence-electron chi connectivity index (χ0n) is 13.2. The Kier molecular flexibility index (Phi) is 3.45. The fourth-order valence-electron chi connectivity index (χ4n) is 2.60. The van der Waals surface area contributed by atoms with Crippen LogP contribution in [-0.2, 0) is 0 Å². The summed E-state index contributed by atoms with van der Waals surface area (Å²) in [6.45, 7) is 7.82. The third-order valence-electron chi connectivity index (χ3n) is 3.88. The normalized spacial score (nSPS) is 10.9. The summed E-state index contributed by atoms with van der Waals surface area (Å²) in [6, 6.07) is 9.61. The fourth-order valence-corrected chi connectivity index (χ4v) is 2.60. The maximum atomic E-state index is 12.5. The minimum absolute atomic E-state index is 0.344. The average molecular weight is 294 g/mol. The Morgan fingerprint density at radius 2 is 1.91 bits per heavy atom. The second kappa shape index (κ2) is 5.30. The third-order valence-corrected chi connectivity index (χ3v) is 3.88. The molecule has 0 saturated carbocycles. The van der Waals surface area contributed by atoms with E-state index in [1.54, 1.807) is 0 Å². The van der Waals surface area contributed by atoms with Gasteiger partial charge in [0.2, 0.25) is 0 Å². The molecule has 2 aromatic heterocycles. The van der Waals surface area contributed by atoms with Gasteiger partial charge in [-0.05, 0) is 62.6 Å². The molecule has 1 aromatic carbocycles. The molecule has 0 amide bonds. The van der Waals surface area contributed by atoms with Crippen molar-refractivity contribution in [2.45, 2.75) is 27.7 Å². The number of pyridine rings is 1. The number of carbonyl (C=O) groups is 1. The molecule has 0 aliphatic heterocycles. The summed E-state index contributed by atoms with van der Waals surface area (Å²) >= 11 is 0. The van der Waals surface area contributed by atoms with Crippen molar-refractivity contribution in [1.29, 1.82) is 0 Å². The first-order valence-corrected chi connectivity index (χ1v) is 7.21. The number of benzene rings is 1. The molecule has 0 aliphatic carbocycles. The molecule has 0 spiro atoms. The van der Waals surface area contributed by atoms with Gasteiger partial charge in [-0.3, -0.25) is 0 Å². The summed E-state index contributed by atoms with van der Waals surface area (Å²) < 4.78 is 7.48. The van der Waals surface area contributed by atoms with Crippen molar-refractivity contribution in [2.75, 3.05) is 0 Å². The third kappa shape index (κ3) is 2.37. The van der Waals surface area contributed by atoms with Crippen molar-refractivity contribution < 1.29 is 9.53 Å². The van der Waals surface area contributed by atoms with Crippen LogP contribution >= 0.6 is 0 Å². The van der Waals surface area contributed by atoms with E-state index in [4.69, 9.17) is 4.74 Å². The molecule has 112 valence electrons. The highest BCUT2D eigenvalue weighted by atomic mass is 16.5. The van der Waals surface area contributed by atoms with Gasteiger partial charge in [-0.2, -0.15) is 0 Å². The van der Waals surface area contributed by atoms with Crippen LogP contribution in [0.3, 0.4) is 0 Å². The molecule has 0 bridgehead atoms. The smallest absolute Gasteiger partial charge is 0.364 e. The van der Waals surface area contributed by atoms with Crippen molar-refractivity contribution >= 4 is 11.5 Å². The first kappa shape index (κ1) is 14.3. The Morgan fingerprint density at radius 1 is 1.14 bits per heavy atom. The van der Waals surface area contributed by atoms with Crippen molar-refractivity contribution in [2.24, 2.45) is 0 Å². The van der Waals surface area contributed by atoms with Gasteiger partial charge in [-0.1, -0.05) is 12.1 Å². The number of aryl methyl sites for hydroxylation is 3. The van der Waals surface area contributed by atoms with E-state index in [1.165, 1.54) is 0 Å². The number of hydrogen-bond donors (Lipinski definition) is 0. The topological polar surface area (TPSA) is 43.6 Å². The van der Waals surface area contributed by atoms with Crippen LogP contribution in [0.1, 0.15) is 33.0 Å². The molecule has 2 heterocycles. The van der Waals surface area contributed by atoms with E-state index in [1.807, 2.05) is 62.6 Å². The average Bonchev–Trinajstić information content (AvgIpc) is 2.82. The number of nitrogens with zero attached hydrogens (tertiary/aromatic N) is 2. The highest BCUT2D eigenvalue weighted by molar-refractivity contribution is 5.96. The standard InChI is InChI=1S/C18H18N2O2/c1-11-9-12(2)13(3)16(10-11)22-18(21)17-15-7-5-6-8-20(15)14(4)19-17/h5-10H,1-4H3. The molecule has 4 nitrogen and oxygen atoms in total. The highest BCUT2D eigenvalue weighted by Gasteiger charge is 2.18. The van der Waals surface area contributed by atoms with Gasteiger partial charge in [0.25, 0.3) is 0 Å². The monoisotopic (exact) mass is 294 g/mol. The minimum atomic E-state index is -0.426. The molecule has 4 heteroatoms. The molecule has 0 aliphatic rings. The van der Waals surface area contributed by atoms with Crippen LogP contribution in [0.4, 0.5) is 0 Å². The number of hydrogen-bond acceptors (Lipinski definition) is 3. The molecule has 0 radical (unpaired) electrons. The second-order valence-electron chi connectivity index (χ2n) is 5.56. The van der Waals surface area contributed by atoms with Gasteiger partial charge in [0, 0.05) is 6.20 Å². The summed E-state index contributed by atoms with van der Waals surface area (Å²) in [7, 11) is 0. The molecular formula is C18H18N2O2. The van der Waals surface area contributed by atoms with E-state index in [0.29, 0.717) is 11.4 Å². The number of carbonyl (C=O) groups excluding carboxylic acids is 1. The number of ether oxygens (including phenoxy) is 1. The molecule has 22 heavy (non-hydrogen) atoms. The van der Waals surface area contributed by atoms with Gasteiger partial charge in [0.05, 0.1) is 5.52 Å². The molecule has 0 saturated heterocycles. The summed E-state index contributed by atoms with van der Waals surface area (Å²) in [4.78, 5) is 16.9. The Bertz CT molecular complexity index is 878. The van der Waals surface area contributed by atoms with E-state index in [2.05, 4.69) is 11.1 Å². The lowest BCUT2D eigenvalue weighted by Gasteiger charge is -2.10. The first-order valence-electron chi connectivity index (χ1n) is 7.21. The van der Waals surface area contributed by atoms with Crippen LogP contribution in [0.5, 0.6) is 5.75 Å². The van der Waals surface area contributed by atoms with Crippen molar-refractivity contribution in [3.63, 3.8) is 0 Å². The van der Waals surface area contributed by atoms with Gasteiger partial charge in [0.1, 0.15) is 11.6 Å². The first-order chi connectivity index (χ1) is 10.5. The Balaban J connectivity index is 2.01. The quantitative estimate of drug-likeness (QED) is 0.533. The van der Waals surface area contributed by atoms with Crippen molar-refractivity contribution in [3.05, 3.63) is 64.7 Å². The second-order valence-corrected chi connectivity index (χ2v) is 5.56. The number of imidazole rings is 1. The van der Waals surface area contributed by atoms with Crippen LogP contribution in [-0.4, -0.2) is 15.4 Å². The van der Waals surface area contributed by atoms with Gasteiger partial charge < -0.3 is 9.14 Å². The zero-order chi connectivity index (χ0) is 15.9. The molecule has 0 unspecified atom stereocenters. The summed E-state index contributed by atoms with van der Waals surface area (Å²) in [5, 5.41) is 0. The van der Waals surface area contributed by atoms with Crippen LogP contribution < -0.4 is 4.74 Å². The van der Waals surface area contributed by atoms with Crippen LogP contribution in [0.2, 0.25) is 0 Å². The number of fused-ring (bicyclic) bond motifs is 1. The molecule has 0 atom stereocenters. The maximum absolute atomic E-state index is 12.5. The van der Waals surface area contributed by atoms with Crippen LogP contribution in [0, 0.1) is 27.7 Å². The van der Waals surface area contributed by atoms with E-state index >= 15 is 0 Å². The van der Waals surface area contributed by atoms with Gasteiger partial charge in [-0.25, -0.2) is 9.78 Å². The number of esters is 1. The van der Waals surface area contributed by atoms with E-state index < -0.39 is 5.97 Å². The highest BCUT2D eigenvalue weighted by Crippen LogP contribution is 2.25. The summed E-state index contributed by atoms with van der Waals surface area (Å²) in [5.74, 6) is 0.932. The fraction of sp³-hybridized carbons (Fsp3) is 0.222. The summed E-state index contributed by atoms with van der Waals surface area (Å²) in [5.41, 5.74) is 4.24. The lowest BCUT2D eigenvalue weighted by atomic mass is 10.1. The van der Waals surface area contributed by atoms with Crippen LogP contribution in [0.15, 0.2) is 36.5 Å². The number of aromatic nitrogens is 2. The molecular weight excluding hydrogens is 276 g/mol. The lowest BCUT2D eigenvalue weighted by Crippen LogP contribution is -2.11. The summed E-state index contributed by atoms with van der Waals surface area (Å²) in [6.07, 6.45) is 1.89. The maximum Gasteiger partial charge on any atom is 0.364 e. The molecule has 0 fully saturated rings. The predicted octanol–water partition coefficient (Wildman–Crippen LogP) is 3.79. The molecule has 3 rings (SSSR count). The minimum Gasteiger partial charge on any atom is -0.421 e. The van der Waals surface area contributed by atoms with Gasteiger partial charge in [-0.15, -0.1) is 0 Å². The van der Waals surface area contributed by atoms with Crippen molar-refractivity contribution in [1.82, 2.24) is 9.38 Å². The Morgan fingerprint density at radius 3 is 2.68 bits per heavy atom. The lowest BCUT2D eigenvalue weighted by molar-refractivity contribution is 0.0730. The SMILES string of the molecule is Cc1cc(C)c(C)c(OC(=O)c2nc(C)n3ccccc23)c1. The Hall–Kier alpha value is -2.62. The Labute approximate surface area is 129 Å². The molecule has 0 N–H and O–H groups in total. The van der Waals surface area contributed by atoms with E-state index in [-0.39, 0.29) is 0 Å². The molecule has 3 aromatic rings. The van der Waals surface area contributed by atoms with Crippen molar-refractivity contribution in [3.8, 4) is 5.75 Å². The van der Waals surface area contributed by atoms with E-state index in [9.17, 15) is 4.79 Å². The van der Waals surface area contributed by atoms with E-state index in [0.717, 1.165) is 28.0 Å². The largest absolute Gasteiger partial charge is 0.421 e. The van der Waals surface area contributed by atoms with Gasteiger partial charge in [0.15, 0.2) is 5.69 Å². The van der Waals surface area contributed by atoms with Crippen LogP contribution in [0.25, 0.3) is 5.52 Å². The van der Waals surface area contributed by atoms with Gasteiger partial charge >= 0.3 is 5.97 Å². The number of rotatable bonds is 2. The zero-order valence-corrected chi connectivity index (χ0v) is 13.2.